The van der Waals surface area contributed by atoms with Gasteiger partial charge in [0.2, 0.25) is 17.6 Å². The summed E-state index contributed by atoms with van der Waals surface area (Å²) in [4.78, 5) is 35.9. The minimum atomic E-state index is -1.000. The van der Waals surface area contributed by atoms with Crippen LogP contribution in [0.4, 0.5) is 15.8 Å². The highest BCUT2D eigenvalue weighted by atomic mass is 19.1. The van der Waals surface area contributed by atoms with E-state index in [1.54, 1.807) is 0 Å². The number of nitro groups is 1. The van der Waals surface area contributed by atoms with E-state index in [1.807, 2.05) is 19.1 Å². The summed E-state index contributed by atoms with van der Waals surface area (Å²) in [5, 5.41) is 10.8. The van der Waals surface area contributed by atoms with Crippen LogP contribution in [0.2, 0.25) is 0 Å². The molecule has 114 valence electrons. The van der Waals surface area contributed by atoms with Gasteiger partial charge in [0.1, 0.15) is 0 Å². The molecule has 6 nitrogen and oxygen atoms in total. The van der Waals surface area contributed by atoms with Crippen LogP contribution in [0, 0.1) is 33.7 Å². The number of anilines is 1. The standard InChI is InChI=1S/C15H13FN2O4/c1-8-3-2-4-10-13(8)15(20)17(14(10)19)9-5-6-11(16)12(7-9)18(21)22/h2-3,5-8,10,13H,4H2,1H3/t8-,10+,13-/m1/s1. The lowest BCUT2D eigenvalue weighted by molar-refractivity contribution is -0.387. The third kappa shape index (κ3) is 2.01. The first-order valence-electron chi connectivity index (χ1n) is 6.90. The number of halogens is 1. The highest BCUT2D eigenvalue weighted by molar-refractivity contribution is 6.22. The second-order valence-corrected chi connectivity index (χ2v) is 5.56. The van der Waals surface area contributed by atoms with Gasteiger partial charge in [0.25, 0.3) is 0 Å². The van der Waals surface area contributed by atoms with Crippen molar-refractivity contribution in [2.75, 3.05) is 4.90 Å². The lowest BCUT2D eigenvalue weighted by Gasteiger charge is -2.22. The Bertz CT molecular complexity index is 715. The van der Waals surface area contributed by atoms with Crippen LogP contribution in [-0.4, -0.2) is 16.7 Å². The monoisotopic (exact) mass is 304 g/mol. The minimum absolute atomic E-state index is 0.0460. The summed E-state index contributed by atoms with van der Waals surface area (Å²) in [6, 6.07) is 3.05. The van der Waals surface area contributed by atoms with E-state index in [2.05, 4.69) is 0 Å². The van der Waals surface area contributed by atoms with Gasteiger partial charge in [-0.3, -0.25) is 19.7 Å². The molecule has 0 saturated carbocycles. The summed E-state index contributed by atoms with van der Waals surface area (Å²) in [6.07, 6.45) is 4.23. The van der Waals surface area contributed by atoms with Crippen molar-refractivity contribution in [2.24, 2.45) is 17.8 Å². The molecule has 3 rings (SSSR count). The Labute approximate surface area is 125 Å². The van der Waals surface area contributed by atoms with E-state index in [9.17, 15) is 24.1 Å². The summed E-state index contributed by atoms with van der Waals surface area (Å²) in [6.45, 7) is 1.86. The lowest BCUT2D eigenvalue weighted by atomic mass is 9.78. The number of hydrogen-bond donors (Lipinski definition) is 0. The highest BCUT2D eigenvalue weighted by Gasteiger charge is 2.50. The first-order chi connectivity index (χ1) is 10.4. The maximum Gasteiger partial charge on any atom is 0.306 e. The molecule has 22 heavy (non-hydrogen) atoms. The second kappa shape index (κ2) is 5.01. The van der Waals surface area contributed by atoms with Crippen molar-refractivity contribution in [2.45, 2.75) is 13.3 Å². The average molecular weight is 304 g/mol. The number of nitro benzene ring substituents is 1. The lowest BCUT2D eigenvalue weighted by Crippen LogP contribution is -2.31. The van der Waals surface area contributed by atoms with Gasteiger partial charge >= 0.3 is 5.69 Å². The van der Waals surface area contributed by atoms with Gasteiger partial charge in [-0.15, -0.1) is 0 Å². The first kappa shape index (κ1) is 14.4. The number of amides is 2. The third-order valence-electron chi connectivity index (χ3n) is 4.26. The Balaban J connectivity index is 2.03. The quantitative estimate of drug-likeness (QED) is 0.364. The van der Waals surface area contributed by atoms with Crippen LogP contribution in [0.3, 0.4) is 0 Å². The molecule has 1 aliphatic carbocycles. The molecule has 3 atom stereocenters. The molecule has 2 amide bonds. The van der Waals surface area contributed by atoms with Gasteiger partial charge in [-0.25, -0.2) is 4.90 Å². The number of allylic oxidation sites excluding steroid dienone is 2. The summed E-state index contributed by atoms with van der Waals surface area (Å²) in [7, 11) is 0. The molecule has 0 bridgehead atoms. The third-order valence-corrected chi connectivity index (χ3v) is 4.26. The number of hydrogen-bond acceptors (Lipinski definition) is 4. The maximum absolute atomic E-state index is 13.4. The molecule has 1 saturated heterocycles. The molecule has 0 N–H and O–H groups in total. The van der Waals surface area contributed by atoms with Crippen LogP contribution in [0.15, 0.2) is 30.4 Å². The van der Waals surface area contributed by atoms with Crippen molar-refractivity contribution in [3.05, 3.63) is 46.3 Å². The Morgan fingerprint density at radius 3 is 2.68 bits per heavy atom. The average Bonchev–Trinajstić information content (AvgIpc) is 2.73. The number of carbonyl (C=O) groups excluding carboxylic acids is 2. The smallest absolute Gasteiger partial charge is 0.274 e. The molecule has 1 aromatic carbocycles. The minimum Gasteiger partial charge on any atom is -0.274 e. The first-order valence-corrected chi connectivity index (χ1v) is 6.90. The van der Waals surface area contributed by atoms with Crippen LogP contribution in [0.5, 0.6) is 0 Å². The van der Waals surface area contributed by atoms with Gasteiger partial charge in [-0.1, -0.05) is 19.1 Å². The fraction of sp³-hybridized carbons (Fsp3) is 0.333. The maximum atomic E-state index is 13.4. The van der Waals surface area contributed by atoms with E-state index in [-0.39, 0.29) is 23.4 Å². The van der Waals surface area contributed by atoms with Crippen molar-refractivity contribution in [1.29, 1.82) is 0 Å². The number of imide groups is 1. The molecule has 1 aliphatic heterocycles. The normalized spacial score (nSPS) is 27.2. The number of benzene rings is 1. The molecular formula is C15H13FN2O4. The van der Waals surface area contributed by atoms with Crippen molar-refractivity contribution < 1.29 is 18.9 Å². The van der Waals surface area contributed by atoms with Gasteiger partial charge in [0.05, 0.1) is 22.4 Å². The van der Waals surface area contributed by atoms with E-state index in [0.29, 0.717) is 6.42 Å². The highest BCUT2D eigenvalue weighted by Crippen LogP contribution is 2.41. The molecular weight excluding hydrogens is 291 g/mol. The zero-order valence-electron chi connectivity index (χ0n) is 11.7. The Morgan fingerprint density at radius 2 is 2.05 bits per heavy atom. The zero-order chi connectivity index (χ0) is 16.0. The number of rotatable bonds is 2. The van der Waals surface area contributed by atoms with E-state index < -0.39 is 28.3 Å². The van der Waals surface area contributed by atoms with E-state index in [1.165, 1.54) is 6.07 Å². The van der Waals surface area contributed by atoms with Crippen LogP contribution in [-0.2, 0) is 9.59 Å². The fourth-order valence-electron chi connectivity index (χ4n) is 3.18. The Hall–Kier alpha value is -2.57. The zero-order valence-corrected chi connectivity index (χ0v) is 11.7. The van der Waals surface area contributed by atoms with Crippen LogP contribution in [0.1, 0.15) is 13.3 Å². The van der Waals surface area contributed by atoms with Crippen LogP contribution < -0.4 is 4.90 Å². The number of nitrogens with zero attached hydrogens (tertiary/aromatic N) is 2. The second-order valence-electron chi connectivity index (χ2n) is 5.56. The largest absolute Gasteiger partial charge is 0.306 e. The molecule has 0 aromatic heterocycles. The topological polar surface area (TPSA) is 80.5 Å². The number of carbonyl (C=O) groups is 2. The van der Waals surface area contributed by atoms with Crippen molar-refractivity contribution >= 4 is 23.2 Å². The summed E-state index contributed by atoms with van der Waals surface area (Å²) in [5.41, 5.74) is -0.705. The van der Waals surface area contributed by atoms with Crippen molar-refractivity contribution in [3.8, 4) is 0 Å². The van der Waals surface area contributed by atoms with E-state index in [4.69, 9.17) is 0 Å². The van der Waals surface area contributed by atoms with Gasteiger partial charge in [0.15, 0.2) is 0 Å². The molecule has 0 radical (unpaired) electrons. The molecule has 2 aliphatic rings. The van der Waals surface area contributed by atoms with Crippen molar-refractivity contribution in [1.82, 2.24) is 0 Å². The molecule has 0 spiro atoms. The number of fused-ring (bicyclic) bond motifs is 1. The van der Waals surface area contributed by atoms with Crippen molar-refractivity contribution in [3.63, 3.8) is 0 Å². The van der Waals surface area contributed by atoms with Gasteiger partial charge in [0, 0.05) is 6.07 Å². The molecule has 7 heteroatoms. The summed E-state index contributed by atoms with van der Waals surface area (Å²) < 4.78 is 13.4. The Morgan fingerprint density at radius 1 is 1.32 bits per heavy atom. The molecule has 1 fully saturated rings. The van der Waals surface area contributed by atoms with Crippen LogP contribution in [0.25, 0.3) is 0 Å². The molecule has 1 heterocycles. The predicted molar refractivity (Wildman–Crippen MR) is 75.4 cm³/mol. The van der Waals surface area contributed by atoms with Crippen LogP contribution >= 0.6 is 0 Å². The molecule has 0 unspecified atom stereocenters. The van der Waals surface area contributed by atoms with Gasteiger partial charge in [-0.2, -0.15) is 4.39 Å². The molecule has 1 aromatic rings. The van der Waals surface area contributed by atoms with Gasteiger partial charge < -0.3 is 0 Å². The SMILES string of the molecule is C[C@@H]1C=CC[C@@H]2C(=O)N(c3ccc(F)c([N+](=O)[O-])c3)C(=O)[C@H]12. The van der Waals surface area contributed by atoms with E-state index >= 15 is 0 Å². The fourth-order valence-corrected chi connectivity index (χ4v) is 3.18. The van der Waals surface area contributed by atoms with E-state index in [0.717, 1.165) is 17.0 Å². The Kier molecular flexibility index (Phi) is 3.27. The predicted octanol–water partition coefficient (Wildman–Crippen LogP) is 2.44. The van der Waals surface area contributed by atoms with Gasteiger partial charge in [-0.05, 0) is 24.5 Å². The summed E-state index contributed by atoms with van der Waals surface area (Å²) >= 11 is 0. The summed E-state index contributed by atoms with van der Waals surface area (Å²) in [5.74, 6) is -2.74.